The van der Waals surface area contributed by atoms with Crippen molar-refractivity contribution in [2.24, 2.45) is 5.41 Å². The van der Waals surface area contributed by atoms with Crippen LogP contribution in [-0.4, -0.2) is 13.6 Å². The molecular formula is C14H31N. The standard InChI is InChI=1S/C14H31N/c1-5-6-11-14(2,3)12-9-7-8-10-13-15-4/h15H,5-13H2,1-4H3. The van der Waals surface area contributed by atoms with Crippen molar-refractivity contribution in [3.8, 4) is 0 Å². The minimum absolute atomic E-state index is 0.582. The van der Waals surface area contributed by atoms with Crippen molar-refractivity contribution in [3.63, 3.8) is 0 Å². The fourth-order valence-electron chi connectivity index (χ4n) is 2.04. The largest absolute Gasteiger partial charge is 0.320 e. The Morgan fingerprint density at radius 2 is 1.47 bits per heavy atom. The molecule has 0 spiro atoms. The Morgan fingerprint density at radius 1 is 0.867 bits per heavy atom. The molecular weight excluding hydrogens is 182 g/mol. The van der Waals surface area contributed by atoms with Gasteiger partial charge < -0.3 is 5.32 Å². The molecule has 0 aromatic heterocycles. The molecule has 15 heavy (non-hydrogen) atoms. The second-order valence-electron chi connectivity index (χ2n) is 5.54. The zero-order valence-corrected chi connectivity index (χ0v) is 11.4. The van der Waals surface area contributed by atoms with Crippen LogP contribution in [0.3, 0.4) is 0 Å². The molecule has 0 heterocycles. The van der Waals surface area contributed by atoms with Crippen molar-refractivity contribution in [2.75, 3.05) is 13.6 Å². The molecule has 1 nitrogen and oxygen atoms in total. The van der Waals surface area contributed by atoms with E-state index in [9.17, 15) is 0 Å². The molecule has 0 saturated carbocycles. The van der Waals surface area contributed by atoms with E-state index in [4.69, 9.17) is 0 Å². The molecule has 0 unspecified atom stereocenters. The lowest BCUT2D eigenvalue weighted by Crippen LogP contribution is -2.11. The topological polar surface area (TPSA) is 12.0 Å². The van der Waals surface area contributed by atoms with Gasteiger partial charge in [0, 0.05) is 0 Å². The summed E-state index contributed by atoms with van der Waals surface area (Å²) in [6.07, 6.45) is 11.1. The quantitative estimate of drug-likeness (QED) is 0.531. The van der Waals surface area contributed by atoms with Crippen LogP contribution in [-0.2, 0) is 0 Å². The average molecular weight is 213 g/mol. The SMILES string of the molecule is CCCCC(C)(C)CCCCCCNC. The van der Waals surface area contributed by atoms with Crippen molar-refractivity contribution in [2.45, 2.75) is 72.1 Å². The fourth-order valence-corrected chi connectivity index (χ4v) is 2.04. The molecule has 0 bridgehead atoms. The van der Waals surface area contributed by atoms with Crippen LogP contribution in [0.2, 0.25) is 0 Å². The molecule has 0 rings (SSSR count). The van der Waals surface area contributed by atoms with Gasteiger partial charge in [-0.05, 0) is 38.3 Å². The first kappa shape index (κ1) is 15.0. The highest BCUT2D eigenvalue weighted by atomic mass is 14.8. The van der Waals surface area contributed by atoms with Crippen LogP contribution in [0, 0.1) is 5.41 Å². The molecule has 0 fully saturated rings. The van der Waals surface area contributed by atoms with E-state index >= 15 is 0 Å². The van der Waals surface area contributed by atoms with E-state index in [0.29, 0.717) is 5.41 Å². The Morgan fingerprint density at radius 3 is 2.07 bits per heavy atom. The third-order valence-corrected chi connectivity index (χ3v) is 3.24. The lowest BCUT2D eigenvalue weighted by Gasteiger charge is -2.24. The van der Waals surface area contributed by atoms with Crippen LogP contribution in [0.1, 0.15) is 72.1 Å². The summed E-state index contributed by atoms with van der Waals surface area (Å²) in [7, 11) is 2.04. The summed E-state index contributed by atoms with van der Waals surface area (Å²) in [5, 5.41) is 3.20. The summed E-state index contributed by atoms with van der Waals surface area (Å²) in [5.41, 5.74) is 0.582. The third kappa shape index (κ3) is 10.2. The first-order chi connectivity index (χ1) is 7.12. The molecule has 1 heteroatoms. The first-order valence-corrected chi connectivity index (χ1v) is 6.77. The average Bonchev–Trinajstić information content (AvgIpc) is 2.20. The monoisotopic (exact) mass is 213 g/mol. The van der Waals surface area contributed by atoms with Crippen molar-refractivity contribution in [3.05, 3.63) is 0 Å². The van der Waals surface area contributed by atoms with E-state index in [0.717, 1.165) is 0 Å². The van der Waals surface area contributed by atoms with Gasteiger partial charge in [-0.25, -0.2) is 0 Å². The third-order valence-electron chi connectivity index (χ3n) is 3.24. The van der Waals surface area contributed by atoms with Crippen LogP contribution in [0.5, 0.6) is 0 Å². The van der Waals surface area contributed by atoms with Crippen LogP contribution >= 0.6 is 0 Å². The molecule has 0 aliphatic carbocycles. The minimum atomic E-state index is 0.582. The number of nitrogens with one attached hydrogen (secondary N) is 1. The number of hydrogen-bond donors (Lipinski definition) is 1. The zero-order valence-electron chi connectivity index (χ0n) is 11.4. The van der Waals surface area contributed by atoms with Crippen molar-refractivity contribution < 1.29 is 0 Å². The van der Waals surface area contributed by atoms with Gasteiger partial charge in [0.15, 0.2) is 0 Å². The van der Waals surface area contributed by atoms with Gasteiger partial charge in [0.1, 0.15) is 0 Å². The van der Waals surface area contributed by atoms with Crippen LogP contribution in [0.4, 0.5) is 0 Å². The summed E-state index contributed by atoms with van der Waals surface area (Å²) in [5.74, 6) is 0. The van der Waals surface area contributed by atoms with E-state index in [1.165, 1.54) is 57.9 Å². The first-order valence-electron chi connectivity index (χ1n) is 6.77. The molecule has 0 radical (unpaired) electrons. The van der Waals surface area contributed by atoms with Gasteiger partial charge in [-0.2, -0.15) is 0 Å². The minimum Gasteiger partial charge on any atom is -0.320 e. The van der Waals surface area contributed by atoms with Crippen LogP contribution in [0.15, 0.2) is 0 Å². The van der Waals surface area contributed by atoms with Gasteiger partial charge in [0.2, 0.25) is 0 Å². The highest BCUT2D eigenvalue weighted by Gasteiger charge is 2.15. The van der Waals surface area contributed by atoms with E-state index in [2.05, 4.69) is 26.1 Å². The molecule has 0 aromatic rings. The lowest BCUT2D eigenvalue weighted by atomic mass is 9.82. The summed E-state index contributed by atoms with van der Waals surface area (Å²) in [6.45, 7) is 8.32. The molecule has 0 atom stereocenters. The molecule has 92 valence electrons. The Bertz CT molecular complexity index is 129. The molecule has 0 aliphatic rings. The van der Waals surface area contributed by atoms with Crippen molar-refractivity contribution >= 4 is 0 Å². The predicted molar refractivity (Wildman–Crippen MR) is 70.3 cm³/mol. The maximum Gasteiger partial charge on any atom is -0.00519 e. The smallest absolute Gasteiger partial charge is 0.00519 e. The normalized spacial score (nSPS) is 12.0. The molecule has 0 saturated heterocycles. The summed E-state index contributed by atoms with van der Waals surface area (Å²) in [4.78, 5) is 0. The second kappa shape index (κ2) is 9.21. The predicted octanol–water partition coefficient (Wildman–Crippen LogP) is 4.37. The van der Waals surface area contributed by atoms with Gasteiger partial charge in [-0.15, -0.1) is 0 Å². The maximum absolute atomic E-state index is 3.20. The summed E-state index contributed by atoms with van der Waals surface area (Å²) in [6, 6.07) is 0. The molecule has 0 amide bonds. The van der Waals surface area contributed by atoms with Crippen LogP contribution < -0.4 is 5.32 Å². The Hall–Kier alpha value is -0.0400. The highest BCUT2D eigenvalue weighted by molar-refractivity contribution is 4.68. The van der Waals surface area contributed by atoms with E-state index in [1.54, 1.807) is 0 Å². The van der Waals surface area contributed by atoms with Crippen molar-refractivity contribution in [1.82, 2.24) is 5.32 Å². The number of hydrogen-bond acceptors (Lipinski definition) is 1. The Labute approximate surface area is 97.0 Å². The highest BCUT2D eigenvalue weighted by Crippen LogP contribution is 2.29. The molecule has 0 aliphatic heterocycles. The van der Waals surface area contributed by atoms with Gasteiger partial charge in [0.25, 0.3) is 0 Å². The Kier molecular flexibility index (Phi) is 9.18. The van der Waals surface area contributed by atoms with E-state index in [-0.39, 0.29) is 0 Å². The number of unbranched alkanes of at least 4 members (excludes halogenated alkanes) is 4. The van der Waals surface area contributed by atoms with E-state index in [1.807, 2.05) is 7.05 Å². The number of rotatable bonds is 10. The lowest BCUT2D eigenvalue weighted by molar-refractivity contribution is 0.285. The van der Waals surface area contributed by atoms with Crippen molar-refractivity contribution in [1.29, 1.82) is 0 Å². The van der Waals surface area contributed by atoms with Gasteiger partial charge in [0.05, 0.1) is 0 Å². The van der Waals surface area contributed by atoms with E-state index < -0.39 is 0 Å². The molecule has 1 N–H and O–H groups in total. The van der Waals surface area contributed by atoms with Crippen LogP contribution in [0.25, 0.3) is 0 Å². The summed E-state index contributed by atoms with van der Waals surface area (Å²) >= 11 is 0. The molecule has 0 aromatic carbocycles. The summed E-state index contributed by atoms with van der Waals surface area (Å²) < 4.78 is 0. The van der Waals surface area contributed by atoms with Gasteiger partial charge >= 0.3 is 0 Å². The second-order valence-corrected chi connectivity index (χ2v) is 5.54. The fraction of sp³-hybridized carbons (Fsp3) is 1.00. The maximum atomic E-state index is 3.20. The van der Waals surface area contributed by atoms with Gasteiger partial charge in [-0.3, -0.25) is 0 Å². The Balaban J connectivity index is 3.32. The zero-order chi connectivity index (χ0) is 11.6. The van der Waals surface area contributed by atoms with Gasteiger partial charge in [-0.1, -0.05) is 52.9 Å².